The van der Waals surface area contributed by atoms with Crippen molar-refractivity contribution in [3.8, 4) is 0 Å². The van der Waals surface area contributed by atoms with Gasteiger partial charge in [-0.3, -0.25) is 0 Å². The molecule has 1 aliphatic heterocycles. The van der Waals surface area contributed by atoms with E-state index in [2.05, 4.69) is 10.1 Å². The third-order valence-electron chi connectivity index (χ3n) is 2.53. The van der Waals surface area contributed by atoms with Gasteiger partial charge in [-0.1, -0.05) is 17.7 Å². The number of para-hydroxylation sites is 1. The number of anilines is 1. The van der Waals surface area contributed by atoms with Crippen molar-refractivity contribution in [2.24, 2.45) is 0 Å². The number of nitrogens with one attached hydrogen (secondary N) is 1. The largest absolute Gasteiger partial charge is 0.456 e. The van der Waals surface area contributed by atoms with E-state index in [1.807, 2.05) is 0 Å². The predicted octanol–water partition coefficient (Wildman–Crippen LogP) is 2.84. The summed E-state index contributed by atoms with van der Waals surface area (Å²) in [6.45, 7) is -0.123. The number of hydrogen-bond acceptors (Lipinski definition) is 3. The molecule has 2 rings (SSSR count). The third kappa shape index (κ3) is 2.53. The van der Waals surface area contributed by atoms with Gasteiger partial charge in [0.1, 0.15) is 11.9 Å². The van der Waals surface area contributed by atoms with Crippen LogP contribution in [0, 0.1) is 5.82 Å². The molecule has 3 nitrogen and oxygen atoms in total. The Morgan fingerprint density at radius 1 is 1.50 bits per heavy atom. The van der Waals surface area contributed by atoms with E-state index < -0.39 is 30.2 Å². The summed E-state index contributed by atoms with van der Waals surface area (Å²) in [7, 11) is 0. The zero-order chi connectivity index (χ0) is 13.3. The quantitative estimate of drug-likeness (QED) is 0.865. The summed E-state index contributed by atoms with van der Waals surface area (Å²) in [5, 5.41) is 2.69. The summed E-state index contributed by atoms with van der Waals surface area (Å²) in [6, 6.07) is 4.07. The van der Waals surface area contributed by atoms with E-state index in [1.165, 1.54) is 18.2 Å². The average molecular weight is 280 g/mol. The lowest BCUT2D eigenvalue weighted by Crippen LogP contribution is -2.22. The molecular weight excluding hydrogens is 271 g/mol. The van der Waals surface area contributed by atoms with Crippen molar-refractivity contribution >= 4 is 23.3 Å². The van der Waals surface area contributed by atoms with Crippen molar-refractivity contribution in [1.82, 2.24) is 0 Å². The average Bonchev–Trinajstić information content (AvgIpc) is 2.52. The Labute approximate surface area is 106 Å². The number of hydrogen-bond donors (Lipinski definition) is 1. The van der Waals surface area contributed by atoms with Crippen LogP contribution >= 0.6 is 11.6 Å². The van der Waals surface area contributed by atoms with Gasteiger partial charge in [-0.25, -0.2) is 9.18 Å². The molecule has 1 aliphatic rings. The molecule has 1 aromatic carbocycles. The van der Waals surface area contributed by atoms with Gasteiger partial charge >= 0.3 is 11.9 Å². The summed E-state index contributed by atoms with van der Waals surface area (Å²) in [5.74, 6) is -5.61. The molecule has 1 heterocycles. The monoisotopic (exact) mass is 279 g/mol. The smallest absolute Gasteiger partial charge is 0.377 e. The first-order chi connectivity index (χ1) is 8.40. The Morgan fingerprint density at radius 2 is 2.22 bits per heavy atom. The topological polar surface area (TPSA) is 38.3 Å². The fourth-order valence-corrected chi connectivity index (χ4v) is 1.87. The van der Waals surface area contributed by atoms with Gasteiger partial charge in [0.25, 0.3) is 0 Å². The maximum atomic E-state index is 13.4. The van der Waals surface area contributed by atoms with Crippen LogP contribution in [0.25, 0.3) is 0 Å². The molecule has 0 saturated carbocycles. The Bertz CT molecular complexity index is 461. The van der Waals surface area contributed by atoms with E-state index in [-0.39, 0.29) is 17.3 Å². The number of alkyl halides is 2. The number of esters is 1. The fraction of sp³-hybridized carbons (Fsp3) is 0.364. The fourth-order valence-electron chi connectivity index (χ4n) is 1.64. The molecule has 0 amide bonds. The maximum Gasteiger partial charge on any atom is 0.377 e. The van der Waals surface area contributed by atoms with E-state index in [4.69, 9.17) is 11.6 Å². The van der Waals surface area contributed by atoms with Gasteiger partial charge in [-0.15, -0.1) is 0 Å². The standard InChI is InChI=1S/C11H9ClF3NO2/c12-7-2-1-3-8(13)9(7)16-5-6-4-11(14,15)10(17)18-6/h1-3,6,16H,4-5H2. The summed E-state index contributed by atoms with van der Waals surface area (Å²) < 4.78 is 43.6. The molecule has 1 aromatic rings. The highest BCUT2D eigenvalue weighted by atomic mass is 35.5. The lowest BCUT2D eigenvalue weighted by Gasteiger charge is -2.12. The van der Waals surface area contributed by atoms with Gasteiger partial charge in [0.15, 0.2) is 0 Å². The van der Waals surface area contributed by atoms with Gasteiger partial charge in [0.2, 0.25) is 0 Å². The number of ether oxygens (including phenoxy) is 1. The molecule has 1 unspecified atom stereocenters. The Hall–Kier alpha value is -1.43. The molecule has 1 saturated heterocycles. The zero-order valence-electron chi connectivity index (χ0n) is 9.05. The first-order valence-electron chi connectivity index (χ1n) is 5.17. The lowest BCUT2D eigenvalue weighted by atomic mass is 10.2. The number of carbonyl (C=O) groups is 1. The zero-order valence-corrected chi connectivity index (χ0v) is 9.81. The van der Waals surface area contributed by atoms with Gasteiger partial charge in [0.05, 0.1) is 23.7 Å². The van der Waals surface area contributed by atoms with Gasteiger partial charge in [0, 0.05) is 0 Å². The van der Waals surface area contributed by atoms with Crippen LogP contribution in [-0.2, 0) is 9.53 Å². The highest BCUT2D eigenvalue weighted by molar-refractivity contribution is 6.33. The van der Waals surface area contributed by atoms with E-state index >= 15 is 0 Å². The van der Waals surface area contributed by atoms with Crippen LogP contribution < -0.4 is 5.32 Å². The van der Waals surface area contributed by atoms with Crippen LogP contribution in [0.5, 0.6) is 0 Å². The van der Waals surface area contributed by atoms with Crippen molar-refractivity contribution < 1.29 is 22.7 Å². The van der Waals surface area contributed by atoms with Gasteiger partial charge < -0.3 is 10.1 Å². The van der Waals surface area contributed by atoms with Crippen LogP contribution in [0.1, 0.15) is 6.42 Å². The van der Waals surface area contributed by atoms with Gasteiger partial charge in [-0.2, -0.15) is 8.78 Å². The van der Waals surface area contributed by atoms with Crippen molar-refractivity contribution in [3.05, 3.63) is 29.0 Å². The SMILES string of the molecule is O=C1OC(CNc2c(F)cccc2Cl)CC1(F)F. The van der Waals surface area contributed by atoms with E-state index in [9.17, 15) is 18.0 Å². The molecule has 98 valence electrons. The molecule has 1 fully saturated rings. The summed E-state index contributed by atoms with van der Waals surface area (Å²) in [4.78, 5) is 10.8. The first kappa shape index (κ1) is 13.0. The molecule has 0 radical (unpaired) electrons. The minimum absolute atomic E-state index is 0.00503. The van der Waals surface area contributed by atoms with Crippen LogP contribution in [0.2, 0.25) is 5.02 Å². The number of halogens is 4. The van der Waals surface area contributed by atoms with Crippen molar-refractivity contribution in [2.45, 2.75) is 18.4 Å². The minimum Gasteiger partial charge on any atom is -0.456 e. The van der Waals surface area contributed by atoms with Crippen molar-refractivity contribution in [2.75, 3.05) is 11.9 Å². The first-order valence-corrected chi connectivity index (χ1v) is 5.55. The minimum atomic E-state index is -3.47. The molecule has 0 aliphatic carbocycles. The van der Waals surface area contributed by atoms with E-state index in [0.717, 1.165) is 0 Å². The molecule has 1 N–H and O–H groups in total. The normalized spacial score (nSPS) is 21.8. The van der Waals surface area contributed by atoms with Crippen LogP contribution in [0.3, 0.4) is 0 Å². The molecule has 7 heteroatoms. The van der Waals surface area contributed by atoms with Crippen LogP contribution in [0.15, 0.2) is 18.2 Å². The lowest BCUT2D eigenvalue weighted by molar-refractivity contribution is -0.158. The van der Waals surface area contributed by atoms with E-state index in [0.29, 0.717) is 0 Å². The van der Waals surface area contributed by atoms with Gasteiger partial charge in [-0.05, 0) is 12.1 Å². The van der Waals surface area contributed by atoms with E-state index in [1.54, 1.807) is 0 Å². The molecule has 0 spiro atoms. The number of benzene rings is 1. The molecule has 1 atom stereocenters. The number of rotatable bonds is 3. The Kier molecular flexibility index (Phi) is 3.38. The Balaban J connectivity index is 1.99. The third-order valence-corrected chi connectivity index (χ3v) is 2.84. The van der Waals surface area contributed by atoms with Crippen molar-refractivity contribution in [1.29, 1.82) is 0 Å². The predicted molar refractivity (Wildman–Crippen MR) is 59.3 cm³/mol. The highest BCUT2D eigenvalue weighted by Crippen LogP contribution is 2.31. The van der Waals surface area contributed by atoms with Crippen LogP contribution in [0.4, 0.5) is 18.9 Å². The molecular formula is C11H9ClF3NO2. The molecule has 18 heavy (non-hydrogen) atoms. The second-order valence-corrected chi connectivity index (χ2v) is 4.32. The Morgan fingerprint density at radius 3 is 2.78 bits per heavy atom. The summed E-state index contributed by atoms with van der Waals surface area (Å²) in [6.07, 6.45) is -1.71. The molecule has 0 bridgehead atoms. The van der Waals surface area contributed by atoms with Crippen molar-refractivity contribution in [3.63, 3.8) is 0 Å². The number of carbonyl (C=O) groups excluding carboxylic acids is 1. The highest BCUT2D eigenvalue weighted by Gasteiger charge is 2.50. The second-order valence-electron chi connectivity index (χ2n) is 3.91. The second kappa shape index (κ2) is 4.68. The summed E-state index contributed by atoms with van der Waals surface area (Å²) in [5.41, 5.74) is 0.00503. The molecule has 0 aromatic heterocycles. The number of cyclic esters (lactones) is 1. The van der Waals surface area contributed by atoms with Crippen LogP contribution in [-0.4, -0.2) is 24.5 Å². The maximum absolute atomic E-state index is 13.4. The summed E-state index contributed by atoms with van der Waals surface area (Å²) >= 11 is 5.74.